The van der Waals surface area contributed by atoms with Crippen molar-refractivity contribution in [2.45, 2.75) is 26.0 Å². The molecule has 4 nitrogen and oxygen atoms in total. The maximum atomic E-state index is 11.3. The lowest BCUT2D eigenvalue weighted by Crippen LogP contribution is -2.23. The fourth-order valence-electron chi connectivity index (χ4n) is 1.35. The highest BCUT2D eigenvalue weighted by atomic mass is 35.5. The van der Waals surface area contributed by atoms with Crippen LogP contribution in [0.3, 0.4) is 0 Å². The summed E-state index contributed by atoms with van der Waals surface area (Å²) in [4.78, 5) is 11.3. The molecule has 17 heavy (non-hydrogen) atoms. The molecule has 1 rings (SSSR count). The average molecular weight is 260 g/mol. The molecule has 0 heterocycles. The molecule has 0 fully saturated rings. The van der Waals surface area contributed by atoms with E-state index in [2.05, 4.69) is 4.74 Å². The number of carbonyl (C=O) groups is 1. The molecule has 0 aliphatic carbocycles. The van der Waals surface area contributed by atoms with E-state index in [-0.39, 0.29) is 18.5 Å². The SMILES string of the molecule is COC(=O)[C@H](N)c1ccccc1OC(C)C.Cl. The largest absolute Gasteiger partial charge is 0.491 e. The molecule has 0 saturated heterocycles. The number of methoxy groups -OCH3 is 1. The summed E-state index contributed by atoms with van der Waals surface area (Å²) in [6.45, 7) is 3.83. The fourth-order valence-corrected chi connectivity index (χ4v) is 1.35. The molecule has 5 heteroatoms. The third kappa shape index (κ3) is 4.24. The lowest BCUT2D eigenvalue weighted by molar-refractivity contribution is -0.142. The van der Waals surface area contributed by atoms with Gasteiger partial charge in [0.2, 0.25) is 0 Å². The van der Waals surface area contributed by atoms with Gasteiger partial charge in [-0.1, -0.05) is 18.2 Å². The van der Waals surface area contributed by atoms with Gasteiger partial charge in [-0.05, 0) is 19.9 Å². The topological polar surface area (TPSA) is 61.5 Å². The van der Waals surface area contributed by atoms with Crippen molar-refractivity contribution in [1.29, 1.82) is 0 Å². The van der Waals surface area contributed by atoms with Crippen LogP contribution >= 0.6 is 12.4 Å². The summed E-state index contributed by atoms with van der Waals surface area (Å²) in [5.74, 6) is 0.148. The summed E-state index contributed by atoms with van der Waals surface area (Å²) < 4.78 is 10.2. The second-order valence-electron chi connectivity index (χ2n) is 3.71. The van der Waals surface area contributed by atoms with Gasteiger partial charge in [-0.3, -0.25) is 4.79 Å². The predicted molar refractivity (Wildman–Crippen MR) is 68.4 cm³/mol. The third-order valence-electron chi connectivity index (χ3n) is 2.07. The zero-order valence-electron chi connectivity index (χ0n) is 10.2. The van der Waals surface area contributed by atoms with Crippen molar-refractivity contribution >= 4 is 18.4 Å². The van der Waals surface area contributed by atoms with Crippen LogP contribution in [0.4, 0.5) is 0 Å². The van der Waals surface area contributed by atoms with Crippen molar-refractivity contribution in [3.8, 4) is 5.75 Å². The van der Waals surface area contributed by atoms with E-state index in [0.717, 1.165) is 0 Å². The van der Waals surface area contributed by atoms with E-state index in [4.69, 9.17) is 10.5 Å². The van der Waals surface area contributed by atoms with Crippen LogP contribution in [-0.2, 0) is 9.53 Å². The van der Waals surface area contributed by atoms with E-state index in [9.17, 15) is 4.79 Å². The molecule has 0 saturated carbocycles. The van der Waals surface area contributed by atoms with Crippen molar-refractivity contribution in [2.75, 3.05) is 7.11 Å². The monoisotopic (exact) mass is 259 g/mol. The van der Waals surface area contributed by atoms with Crippen molar-refractivity contribution in [3.05, 3.63) is 29.8 Å². The van der Waals surface area contributed by atoms with Crippen LogP contribution in [0.15, 0.2) is 24.3 Å². The van der Waals surface area contributed by atoms with E-state index < -0.39 is 12.0 Å². The highest BCUT2D eigenvalue weighted by Gasteiger charge is 2.20. The molecule has 0 bridgehead atoms. The Hall–Kier alpha value is -1.26. The average Bonchev–Trinajstić information content (AvgIpc) is 2.27. The maximum Gasteiger partial charge on any atom is 0.327 e. The first-order valence-electron chi connectivity index (χ1n) is 5.15. The van der Waals surface area contributed by atoms with Gasteiger partial charge in [0.25, 0.3) is 0 Å². The minimum atomic E-state index is -0.806. The number of nitrogens with two attached hydrogens (primary N) is 1. The van der Waals surface area contributed by atoms with E-state index in [1.165, 1.54) is 7.11 Å². The maximum absolute atomic E-state index is 11.3. The Kier molecular flexibility index (Phi) is 6.61. The number of rotatable bonds is 4. The van der Waals surface area contributed by atoms with Crippen LogP contribution in [0.5, 0.6) is 5.75 Å². The molecule has 0 aliphatic heterocycles. The van der Waals surface area contributed by atoms with E-state index in [0.29, 0.717) is 11.3 Å². The molecule has 0 spiro atoms. The van der Waals surface area contributed by atoms with Crippen LogP contribution in [0.1, 0.15) is 25.5 Å². The summed E-state index contributed by atoms with van der Waals surface area (Å²) in [7, 11) is 1.31. The first-order valence-corrected chi connectivity index (χ1v) is 5.15. The molecule has 0 unspecified atom stereocenters. The number of hydrogen-bond acceptors (Lipinski definition) is 4. The number of hydrogen-bond donors (Lipinski definition) is 1. The van der Waals surface area contributed by atoms with Crippen molar-refractivity contribution in [2.24, 2.45) is 5.73 Å². The van der Waals surface area contributed by atoms with Gasteiger partial charge in [0.1, 0.15) is 11.8 Å². The standard InChI is InChI=1S/C12H17NO3.ClH/c1-8(2)16-10-7-5-4-6-9(10)11(13)12(14)15-3;/h4-8,11H,13H2,1-3H3;1H/t11-;/m1./s1. The Morgan fingerprint density at radius 1 is 1.29 bits per heavy atom. The fraction of sp³-hybridized carbons (Fsp3) is 0.417. The molecule has 0 amide bonds. The summed E-state index contributed by atoms with van der Waals surface area (Å²) in [5.41, 5.74) is 6.41. The quantitative estimate of drug-likeness (QED) is 0.841. The molecular weight excluding hydrogens is 242 g/mol. The molecule has 1 atom stereocenters. The highest BCUT2D eigenvalue weighted by molar-refractivity contribution is 5.85. The summed E-state index contributed by atoms with van der Waals surface area (Å²) in [5, 5.41) is 0. The number of ether oxygens (including phenoxy) is 2. The summed E-state index contributed by atoms with van der Waals surface area (Å²) >= 11 is 0. The van der Waals surface area contributed by atoms with Gasteiger partial charge in [-0.25, -0.2) is 0 Å². The minimum Gasteiger partial charge on any atom is -0.491 e. The van der Waals surface area contributed by atoms with E-state index in [1.807, 2.05) is 26.0 Å². The lowest BCUT2D eigenvalue weighted by atomic mass is 10.1. The van der Waals surface area contributed by atoms with Crippen molar-refractivity contribution in [1.82, 2.24) is 0 Å². The number of para-hydroxylation sites is 1. The summed E-state index contributed by atoms with van der Waals surface area (Å²) in [6.07, 6.45) is 0.0333. The molecule has 1 aromatic carbocycles. The van der Waals surface area contributed by atoms with E-state index in [1.54, 1.807) is 12.1 Å². The zero-order valence-corrected chi connectivity index (χ0v) is 11.0. The van der Waals surface area contributed by atoms with E-state index >= 15 is 0 Å². The van der Waals surface area contributed by atoms with Crippen molar-refractivity contribution in [3.63, 3.8) is 0 Å². The Balaban J connectivity index is 0.00000256. The number of benzene rings is 1. The first-order chi connectivity index (χ1) is 7.56. The third-order valence-corrected chi connectivity index (χ3v) is 2.07. The van der Waals surface area contributed by atoms with Crippen molar-refractivity contribution < 1.29 is 14.3 Å². The Morgan fingerprint density at radius 2 is 1.88 bits per heavy atom. The van der Waals surface area contributed by atoms with Crippen LogP contribution in [-0.4, -0.2) is 19.2 Å². The highest BCUT2D eigenvalue weighted by Crippen LogP contribution is 2.25. The molecule has 96 valence electrons. The molecule has 0 aliphatic rings. The van der Waals surface area contributed by atoms with Gasteiger partial charge >= 0.3 is 5.97 Å². The Bertz CT molecular complexity index is 369. The smallest absolute Gasteiger partial charge is 0.327 e. The van der Waals surface area contributed by atoms with Gasteiger partial charge in [0.05, 0.1) is 13.2 Å². The van der Waals surface area contributed by atoms with Crippen LogP contribution in [0.25, 0.3) is 0 Å². The second kappa shape index (κ2) is 7.14. The zero-order chi connectivity index (χ0) is 12.1. The Morgan fingerprint density at radius 3 is 2.41 bits per heavy atom. The van der Waals surface area contributed by atoms with Gasteiger partial charge in [0.15, 0.2) is 0 Å². The minimum absolute atomic E-state index is 0. The second-order valence-corrected chi connectivity index (χ2v) is 3.71. The van der Waals surface area contributed by atoms with Gasteiger partial charge in [-0.2, -0.15) is 0 Å². The normalized spacial score (nSPS) is 11.6. The molecular formula is C12H18ClNO3. The Labute approximate surface area is 108 Å². The van der Waals surface area contributed by atoms with Crippen LogP contribution in [0, 0.1) is 0 Å². The molecule has 1 aromatic rings. The first kappa shape index (κ1) is 15.7. The molecule has 0 radical (unpaired) electrons. The molecule has 0 aromatic heterocycles. The number of carbonyl (C=O) groups excluding carboxylic acids is 1. The predicted octanol–water partition coefficient (Wildman–Crippen LogP) is 2.07. The number of halogens is 1. The number of esters is 1. The lowest BCUT2D eigenvalue weighted by Gasteiger charge is -2.17. The molecule has 2 N–H and O–H groups in total. The van der Waals surface area contributed by atoms with Gasteiger partial charge in [-0.15, -0.1) is 12.4 Å². The summed E-state index contributed by atoms with van der Waals surface area (Å²) in [6, 6.07) is 6.40. The van der Waals surface area contributed by atoms with Gasteiger partial charge in [0, 0.05) is 5.56 Å². The van der Waals surface area contributed by atoms with Gasteiger partial charge < -0.3 is 15.2 Å². The van der Waals surface area contributed by atoms with Crippen LogP contribution < -0.4 is 10.5 Å². The van der Waals surface area contributed by atoms with Crippen LogP contribution in [0.2, 0.25) is 0 Å².